The highest BCUT2D eigenvalue weighted by Crippen LogP contribution is 2.19. The zero-order valence-electron chi connectivity index (χ0n) is 10.8. The molecule has 1 aliphatic heterocycles. The molecule has 0 spiro atoms. The third-order valence-electron chi connectivity index (χ3n) is 3.34. The molecule has 1 aliphatic rings. The molecule has 2 atom stereocenters. The van der Waals surface area contributed by atoms with Crippen LogP contribution in [-0.2, 0) is 11.3 Å². The van der Waals surface area contributed by atoms with E-state index < -0.39 is 0 Å². The molecule has 1 fully saturated rings. The van der Waals surface area contributed by atoms with Crippen molar-refractivity contribution in [1.82, 2.24) is 19.8 Å². The predicted octanol–water partition coefficient (Wildman–Crippen LogP) is 0.996. The molecule has 1 aromatic heterocycles. The van der Waals surface area contributed by atoms with E-state index in [0.717, 1.165) is 18.5 Å². The van der Waals surface area contributed by atoms with Crippen molar-refractivity contribution < 1.29 is 4.74 Å². The molecule has 0 aliphatic carbocycles. The highest BCUT2D eigenvalue weighted by Gasteiger charge is 2.23. The number of rotatable bonds is 3. The van der Waals surface area contributed by atoms with Crippen molar-refractivity contribution in [2.24, 2.45) is 0 Å². The molecule has 0 saturated carbocycles. The molecule has 1 saturated heterocycles. The van der Waals surface area contributed by atoms with Crippen LogP contribution in [0, 0.1) is 0 Å². The molecule has 1 aromatic carbocycles. The predicted molar refractivity (Wildman–Crippen MR) is 69.2 cm³/mol. The normalized spacial score (nSPS) is 22.8. The van der Waals surface area contributed by atoms with Gasteiger partial charge in [0.1, 0.15) is 0 Å². The van der Waals surface area contributed by atoms with E-state index in [9.17, 15) is 4.79 Å². The second-order valence-electron chi connectivity index (χ2n) is 4.84. The summed E-state index contributed by atoms with van der Waals surface area (Å²) < 4.78 is 8.37. The van der Waals surface area contributed by atoms with Gasteiger partial charge in [-0.25, -0.2) is 4.79 Å². The number of para-hydroxylation sites is 1. The highest BCUT2D eigenvalue weighted by atomic mass is 16.5. The van der Waals surface area contributed by atoms with E-state index in [-0.39, 0.29) is 17.9 Å². The largest absolute Gasteiger partial charge is 0.373 e. The van der Waals surface area contributed by atoms with Crippen LogP contribution in [0.1, 0.15) is 19.8 Å². The summed E-state index contributed by atoms with van der Waals surface area (Å²) in [4.78, 5) is 12.2. The minimum Gasteiger partial charge on any atom is -0.373 e. The zero-order chi connectivity index (χ0) is 13.2. The number of nitrogens with zero attached hydrogens (tertiary/aromatic N) is 4. The summed E-state index contributed by atoms with van der Waals surface area (Å²) in [5.41, 5.74) is 0.494. The summed E-state index contributed by atoms with van der Waals surface area (Å²) in [7, 11) is 0. The number of tetrazole rings is 1. The van der Waals surface area contributed by atoms with Crippen LogP contribution < -0.4 is 5.69 Å². The Hall–Kier alpha value is -1.95. The van der Waals surface area contributed by atoms with Gasteiger partial charge >= 0.3 is 5.69 Å². The molecule has 0 radical (unpaired) electrons. The topological polar surface area (TPSA) is 61.9 Å². The van der Waals surface area contributed by atoms with Crippen LogP contribution in [0.25, 0.3) is 5.69 Å². The van der Waals surface area contributed by atoms with Gasteiger partial charge in [-0.2, -0.15) is 9.36 Å². The molecule has 2 heterocycles. The highest BCUT2D eigenvalue weighted by molar-refractivity contribution is 5.28. The quantitative estimate of drug-likeness (QED) is 0.826. The summed E-state index contributed by atoms with van der Waals surface area (Å²) in [6.07, 6.45) is 2.33. The summed E-state index contributed by atoms with van der Waals surface area (Å²) in [6.45, 7) is 2.51. The van der Waals surface area contributed by atoms with E-state index >= 15 is 0 Å². The van der Waals surface area contributed by atoms with Gasteiger partial charge in [0, 0.05) is 0 Å². The summed E-state index contributed by atoms with van der Waals surface area (Å²) in [5.74, 6) is 0. The average molecular weight is 260 g/mol. The van der Waals surface area contributed by atoms with Gasteiger partial charge in [0.15, 0.2) is 0 Å². The van der Waals surface area contributed by atoms with Gasteiger partial charge in [-0.3, -0.25) is 0 Å². The number of hydrogen-bond donors (Lipinski definition) is 0. The monoisotopic (exact) mass is 260 g/mol. The summed E-state index contributed by atoms with van der Waals surface area (Å²) in [6, 6.07) is 9.28. The number of aromatic nitrogens is 4. The molecule has 0 amide bonds. The van der Waals surface area contributed by atoms with Gasteiger partial charge in [-0.1, -0.05) is 18.2 Å². The standard InChI is InChI=1S/C13H16N4O2/c1-10-7-8-12(19-10)9-16-13(18)17(15-14-16)11-5-3-2-4-6-11/h2-6,10,12H,7-9H2,1H3/t10-,12+/m1/s1. The first kappa shape index (κ1) is 12.1. The van der Waals surface area contributed by atoms with Crippen molar-refractivity contribution in [3.05, 3.63) is 40.8 Å². The lowest BCUT2D eigenvalue weighted by molar-refractivity contribution is 0.0427. The SMILES string of the molecule is C[C@@H]1CC[C@@H](Cn2nnn(-c3ccccc3)c2=O)O1. The minimum absolute atomic E-state index is 0.0635. The van der Waals surface area contributed by atoms with E-state index in [1.54, 1.807) is 0 Å². The van der Waals surface area contributed by atoms with Crippen LogP contribution in [0.15, 0.2) is 35.1 Å². The maximum atomic E-state index is 12.2. The lowest BCUT2D eigenvalue weighted by Crippen LogP contribution is -2.29. The van der Waals surface area contributed by atoms with Gasteiger partial charge in [0.05, 0.1) is 24.4 Å². The van der Waals surface area contributed by atoms with Crippen molar-refractivity contribution in [3.8, 4) is 5.69 Å². The Kier molecular flexibility index (Phi) is 3.16. The number of ether oxygens (including phenoxy) is 1. The van der Waals surface area contributed by atoms with E-state index in [2.05, 4.69) is 10.4 Å². The summed E-state index contributed by atoms with van der Waals surface area (Å²) >= 11 is 0. The fourth-order valence-corrected chi connectivity index (χ4v) is 2.33. The Labute approximate surface area is 110 Å². The average Bonchev–Trinajstić information content (AvgIpc) is 2.99. The molecule has 19 heavy (non-hydrogen) atoms. The molecule has 2 aromatic rings. The van der Waals surface area contributed by atoms with Crippen molar-refractivity contribution in [2.45, 2.75) is 38.5 Å². The minimum atomic E-state index is -0.227. The van der Waals surface area contributed by atoms with Crippen LogP contribution >= 0.6 is 0 Å². The zero-order valence-corrected chi connectivity index (χ0v) is 10.8. The maximum absolute atomic E-state index is 12.2. The molecule has 6 nitrogen and oxygen atoms in total. The third-order valence-corrected chi connectivity index (χ3v) is 3.34. The molecular weight excluding hydrogens is 244 g/mol. The van der Waals surface area contributed by atoms with Crippen molar-refractivity contribution >= 4 is 0 Å². The van der Waals surface area contributed by atoms with Crippen molar-refractivity contribution in [2.75, 3.05) is 0 Å². The Morgan fingerprint density at radius 1 is 1.26 bits per heavy atom. The molecule has 6 heteroatoms. The fourth-order valence-electron chi connectivity index (χ4n) is 2.33. The Morgan fingerprint density at radius 3 is 2.74 bits per heavy atom. The lowest BCUT2D eigenvalue weighted by Gasteiger charge is -2.09. The van der Waals surface area contributed by atoms with E-state index in [0.29, 0.717) is 6.54 Å². The Morgan fingerprint density at radius 2 is 2.05 bits per heavy atom. The van der Waals surface area contributed by atoms with Crippen LogP contribution in [0.3, 0.4) is 0 Å². The molecule has 0 bridgehead atoms. The van der Waals surface area contributed by atoms with Gasteiger partial charge in [0.2, 0.25) is 0 Å². The number of benzene rings is 1. The van der Waals surface area contributed by atoms with Gasteiger partial charge in [0.25, 0.3) is 0 Å². The van der Waals surface area contributed by atoms with Crippen LogP contribution in [-0.4, -0.2) is 32.0 Å². The fraction of sp³-hybridized carbons (Fsp3) is 0.462. The second-order valence-corrected chi connectivity index (χ2v) is 4.84. The van der Waals surface area contributed by atoms with E-state index in [4.69, 9.17) is 4.74 Å². The first-order chi connectivity index (χ1) is 9.24. The first-order valence-electron chi connectivity index (χ1n) is 6.48. The van der Waals surface area contributed by atoms with Crippen molar-refractivity contribution in [3.63, 3.8) is 0 Å². The van der Waals surface area contributed by atoms with E-state index in [1.807, 2.05) is 37.3 Å². The summed E-state index contributed by atoms with van der Waals surface area (Å²) in [5, 5.41) is 7.83. The van der Waals surface area contributed by atoms with Gasteiger partial charge < -0.3 is 4.74 Å². The van der Waals surface area contributed by atoms with Gasteiger partial charge in [-0.05, 0) is 42.3 Å². The molecule has 0 N–H and O–H groups in total. The second kappa shape index (κ2) is 4.97. The van der Waals surface area contributed by atoms with Crippen LogP contribution in [0.4, 0.5) is 0 Å². The van der Waals surface area contributed by atoms with Crippen molar-refractivity contribution in [1.29, 1.82) is 0 Å². The van der Waals surface area contributed by atoms with Gasteiger partial charge in [-0.15, -0.1) is 0 Å². The smallest absolute Gasteiger partial charge is 0.368 e. The molecule has 3 rings (SSSR count). The maximum Gasteiger partial charge on any atom is 0.368 e. The Balaban J connectivity index is 1.82. The molecule has 100 valence electrons. The van der Waals surface area contributed by atoms with Crippen LogP contribution in [0.2, 0.25) is 0 Å². The number of hydrogen-bond acceptors (Lipinski definition) is 4. The first-order valence-corrected chi connectivity index (χ1v) is 6.48. The third kappa shape index (κ3) is 2.44. The molecular formula is C13H16N4O2. The lowest BCUT2D eigenvalue weighted by atomic mass is 10.2. The van der Waals surface area contributed by atoms with Crippen LogP contribution in [0.5, 0.6) is 0 Å². The van der Waals surface area contributed by atoms with E-state index in [1.165, 1.54) is 9.36 Å². The Bertz CT molecular complexity index is 605. The molecule has 0 unspecified atom stereocenters.